The molecular formula is C19H28N2O4. The highest BCUT2D eigenvalue weighted by Crippen LogP contribution is 2.20. The lowest BCUT2D eigenvalue weighted by molar-refractivity contribution is -0.127. The molecule has 2 atom stereocenters. The molecule has 1 fully saturated rings. The monoisotopic (exact) mass is 348 g/mol. The van der Waals surface area contributed by atoms with Crippen LogP contribution in [0.25, 0.3) is 0 Å². The molecule has 2 rings (SSSR count). The summed E-state index contributed by atoms with van der Waals surface area (Å²) in [5, 5.41) is 5.74. The van der Waals surface area contributed by atoms with E-state index in [1.54, 1.807) is 24.3 Å². The molecule has 2 N–H and O–H groups in total. The SMILES string of the molecule is CC(C)[C@@H](C)NC(=O)COc1ccc(O[C@H]2CCCCNC2=O)cc1. The molecule has 0 saturated carbocycles. The summed E-state index contributed by atoms with van der Waals surface area (Å²) in [4.78, 5) is 23.7. The van der Waals surface area contributed by atoms with Crippen molar-refractivity contribution in [2.24, 2.45) is 5.92 Å². The van der Waals surface area contributed by atoms with Crippen molar-refractivity contribution in [3.05, 3.63) is 24.3 Å². The van der Waals surface area contributed by atoms with Crippen molar-refractivity contribution < 1.29 is 19.1 Å². The largest absolute Gasteiger partial charge is 0.484 e. The second kappa shape index (κ2) is 9.30. The lowest BCUT2D eigenvalue weighted by atomic mass is 10.1. The van der Waals surface area contributed by atoms with Crippen LogP contribution in [0, 0.1) is 5.92 Å². The van der Waals surface area contributed by atoms with Gasteiger partial charge in [0.1, 0.15) is 11.5 Å². The molecule has 1 aliphatic heterocycles. The molecule has 1 aliphatic rings. The van der Waals surface area contributed by atoms with Gasteiger partial charge >= 0.3 is 0 Å². The molecule has 0 radical (unpaired) electrons. The van der Waals surface area contributed by atoms with Gasteiger partial charge < -0.3 is 20.1 Å². The summed E-state index contributed by atoms with van der Waals surface area (Å²) < 4.78 is 11.2. The molecule has 0 unspecified atom stereocenters. The summed E-state index contributed by atoms with van der Waals surface area (Å²) in [6, 6.07) is 7.09. The van der Waals surface area contributed by atoms with E-state index in [1.165, 1.54) is 0 Å². The number of hydrogen-bond acceptors (Lipinski definition) is 4. The van der Waals surface area contributed by atoms with E-state index in [-0.39, 0.29) is 24.5 Å². The van der Waals surface area contributed by atoms with Gasteiger partial charge in [-0.15, -0.1) is 0 Å². The zero-order chi connectivity index (χ0) is 18.2. The normalized spacial score (nSPS) is 18.9. The van der Waals surface area contributed by atoms with Gasteiger partial charge in [-0.2, -0.15) is 0 Å². The Bertz CT molecular complexity index is 571. The number of hydrogen-bond donors (Lipinski definition) is 2. The third-order valence-electron chi connectivity index (χ3n) is 4.35. The molecule has 2 amide bonds. The first-order valence-electron chi connectivity index (χ1n) is 8.92. The van der Waals surface area contributed by atoms with Crippen LogP contribution in [0.2, 0.25) is 0 Å². The lowest BCUT2D eigenvalue weighted by Crippen LogP contribution is -2.38. The molecule has 0 aliphatic carbocycles. The van der Waals surface area contributed by atoms with E-state index >= 15 is 0 Å². The zero-order valence-corrected chi connectivity index (χ0v) is 15.2. The van der Waals surface area contributed by atoms with Crippen molar-refractivity contribution in [3.63, 3.8) is 0 Å². The van der Waals surface area contributed by atoms with Crippen molar-refractivity contribution in [2.45, 2.75) is 52.2 Å². The van der Waals surface area contributed by atoms with E-state index < -0.39 is 6.10 Å². The third kappa shape index (κ3) is 6.29. The molecule has 6 heteroatoms. The topological polar surface area (TPSA) is 76.7 Å². The van der Waals surface area contributed by atoms with Gasteiger partial charge in [-0.1, -0.05) is 13.8 Å². The minimum Gasteiger partial charge on any atom is -0.484 e. The maximum Gasteiger partial charge on any atom is 0.261 e. The van der Waals surface area contributed by atoms with E-state index in [9.17, 15) is 9.59 Å². The van der Waals surface area contributed by atoms with Gasteiger partial charge in [-0.25, -0.2) is 0 Å². The Balaban J connectivity index is 1.81. The number of nitrogens with one attached hydrogen (secondary N) is 2. The Morgan fingerprint density at radius 2 is 1.88 bits per heavy atom. The van der Waals surface area contributed by atoms with Gasteiger partial charge in [0.25, 0.3) is 11.8 Å². The standard InChI is InChI=1S/C19H28N2O4/c1-13(2)14(3)21-18(22)12-24-15-7-9-16(10-8-15)25-17-6-4-5-11-20-19(17)23/h7-10,13-14,17H,4-6,11-12H2,1-3H3,(H,20,23)(H,21,22)/t14-,17+/m1/s1. The molecule has 1 heterocycles. The summed E-state index contributed by atoms with van der Waals surface area (Å²) in [5.74, 6) is 1.38. The second-order valence-electron chi connectivity index (χ2n) is 6.75. The molecule has 0 spiro atoms. The quantitative estimate of drug-likeness (QED) is 0.792. The Morgan fingerprint density at radius 1 is 1.20 bits per heavy atom. The number of amides is 2. The molecule has 25 heavy (non-hydrogen) atoms. The summed E-state index contributed by atoms with van der Waals surface area (Å²) in [6.07, 6.45) is 2.22. The van der Waals surface area contributed by atoms with Crippen LogP contribution in [0.3, 0.4) is 0 Å². The first-order valence-corrected chi connectivity index (χ1v) is 8.92. The average molecular weight is 348 g/mol. The number of benzene rings is 1. The molecule has 1 aromatic carbocycles. The van der Waals surface area contributed by atoms with Crippen LogP contribution >= 0.6 is 0 Å². The molecule has 0 bridgehead atoms. The van der Waals surface area contributed by atoms with E-state index in [0.717, 1.165) is 19.3 Å². The summed E-state index contributed by atoms with van der Waals surface area (Å²) in [6.45, 7) is 6.77. The summed E-state index contributed by atoms with van der Waals surface area (Å²) in [5.41, 5.74) is 0. The fourth-order valence-electron chi connectivity index (χ4n) is 2.41. The number of rotatable bonds is 7. The van der Waals surface area contributed by atoms with E-state index in [1.807, 2.05) is 6.92 Å². The Hall–Kier alpha value is -2.24. The van der Waals surface area contributed by atoms with Crippen LogP contribution in [0.4, 0.5) is 0 Å². The van der Waals surface area contributed by atoms with Crippen molar-refractivity contribution in [1.82, 2.24) is 10.6 Å². The summed E-state index contributed by atoms with van der Waals surface area (Å²) >= 11 is 0. The molecular weight excluding hydrogens is 320 g/mol. The molecule has 138 valence electrons. The van der Waals surface area contributed by atoms with Crippen molar-refractivity contribution in [1.29, 1.82) is 0 Å². The Morgan fingerprint density at radius 3 is 2.56 bits per heavy atom. The van der Waals surface area contributed by atoms with Crippen LogP contribution in [-0.2, 0) is 9.59 Å². The molecule has 0 aromatic heterocycles. The van der Waals surface area contributed by atoms with Crippen molar-refractivity contribution in [2.75, 3.05) is 13.2 Å². The van der Waals surface area contributed by atoms with Crippen LogP contribution in [0.15, 0.2) is 24.3 Å². The maximum atomic E-state index is 11.9. The van der Waals surface area contributed by atoms with Gasteiger partial charge in [0.2, 0.25) is 0 Å². The van der Waals surface area contributed by atoms with Crippen LogP contribution in [-0.4, -0.2) is 37.1 Å². The van der Waals surface area contributed by atoms with Gasteiger partial charge in [0, 0.05) is 12.6 Å². The number of carbonyl (C=O) groups excluding carboxylic acids is 2. The fraction of sp³-hybridized carbons (Fsp3) is 0.579. The third-order valence-corrected chi connectivity index (χ3v) is 4.35. The van der Waals surface area contributed by atoms with Crippen molar-refractivity contribution >= 4 is 11.8 Å². The maximum absolute atomic E-state index is 11.9. The van der Waals surface area contributed by atoms with Gasteiger partial charge in [0.05, 0.1) is 0 Å². The van der Waals surface area contributed by atoms with E-state index in [4.69, 9.17) is 9.47 Å². The average Bonchev–Trinajstić information content (AvgIpc) is 2.79. The van der Waals surface area contributed by atoms with E-state index in [2.05, 4.69) is 24.5 Å². The van der Waals surface area contributed by atoms with Gasteiger partial charge in [0.15, 0.2) is 12.7 Å². The summed E-state index contributed by atoms with van der Waals surface area (Å²) in [7, 11) is 0. The highest BCUT2D eigenvalue weighted by Gasteiger charge is 2.22. The molecule has 1 aromatic rings. The molecule has 1 saturated heterocycles. The Labute approximate surface area is 149 Å². The number of carbonyl (C=O) groups is 2. The van der Waals surface area contributed by atoms with Crippen molar-refractivity contribution in [3.8, 4) is 11.5 Å². The predicted molar refractivity (Wildman–Crippen MR) is 95.7 cm³/mol. The minimum atomic E-state index is -0.447. The number of ether oxygens (including phenoxy) is 2. The highest BCUT2D eigenvalue weighted by atomic mass is 16.5. The van der Waals surface area contributed by atoms with Gasteiger partial charge in [-0.05, 0) is 56.4 Å². The zero-order valence-electron chi connectivity index (χ0n) is 15.2. The first-order chi connectivity index (χ1) is 12.0. The Kier molecular flexibility index (Phi) is 7.10. The lowest BCUT2D eigenvalue weighted by Gasteiger charge is -2.18. The second-order valence-corrected chi connectivity index (χ2v) is 6.75. The first kappa shape index (κ1) is 19.1. The van der Waals surface area contributed by atoms with Crippen LogP contribution in [0.5, 0.6) is 11.5 Å². The smallest absolute Gasteiger partial charge is 0.261 e. The van der Waals surface area contributed by atoms with Gasteiger partial charge in [-0.3, -0.25) is 9.59 Å². The van der Waals surface area contributed by atoms with Crippen LogP contribution in [0.1, 0.15) is 40.0 Å². The predicted octanol–water partition coefficient (Wildman–Crippen LogP) is 2.27. The fourth-order valence-corrected chi connectivity index (χ4v) is 2.41. The van der Waals surface area contributed by atoms with Crippen LogP contribution < -0.4 is 20.1 Å². The molecule has 6 nitrogen and oxygen atoms in total. The van der Waals surface area contributed by atoms with E-state index in [0.29, 0.717) is 24.0 Å². The minimum absolute atomic E-state index is 0.0255. The highest BCUT2D eigenvalue weighted by molar-refractivity contribution is 5.81.